The Bertz CT molecular complexity index is 690. The molecular weight excluding hydrogens is 323 g/mol. The Morgan fingerprint density at radius 1 is 1.04 bits per heavy atom. The second kappa shape index (κ2) is 9.42. The van der Waals surface area contributed by atoms with Crippen molar-refractivity contribution in [2.24, 2.45) is 0 Å². The first-order chi connectivity index (χ1) is 12.1. The molecule has 0 heterocycles. The molecule has 2 amide bonds. The standard InChI is InChI=1S/C19H21FN2O3/c1-2-6-17(14-7-4-3-5-8-14)19(24)22-21-18(23)13-25-16-11-9-15(20)10-12-16/h3-5,7-12,17H,2,6,13H2,1H3,(H,21,23)(H,22,24). The zero-order valence-corrected chi connectivity index (χ0v) is 14.0. The van der Waals surface area contributed by atoms with E-state index in [-0.39, 0.29) is 24.2 Å². The predicted octanol–water partition coefficient (Wildman–Crippen LogP) is 2.94. The first-order valence-electron chi connectivity index (χ1n) is 8.12. The van der Waals surface area contributed by atoms with Crippen molar-refractivity contribution in [3.05, 3.63) is 66.0 Å². The molecule has 0 aliphatic rings. The highest BCUT2D eigenvalue weighted by atomic mass is 19.1. The summed E-state index contributed by atoms with van der Waals surface area (Å²) in [5.41, 5.74) is 5.67. The molecule has 0 bridgehead atoms. The third-order valence-electron chi connectivity index (χ3n) is 3.60. The molecule has 6 heteroatoms. The molecular formula is C19H21FN2O3. The highest BCUT2D eigenvalue weighted by molar-refractivity contribution is 5.86. The molecule has 1 atom stereocenters. The van der Waals surface area contributed by atoms with E-state index in [1.54, 1.807) is 0 Å². The lowest BCUT2D eigenvalue weighted by Crippen LogP contribution is -2.45. The van der Waals surface area contributed by atoms with Crippen LogP contribution in [0.15, 0.2) is 54.6 Å². The molecule has 0 saturated carbocycles. The van der Waals surface area contributed by atoms with E-state index in [1.165, 1.54) is 24.3 Å². The van der Waals surface area contributed by atoms with Crippen molar-refractivity contribution in [1.29, 1.82) is 0 Å². The van der Waals surface area contributed by atoms with Gasteiger partial charge in [-0.05, 0) is 36.2 Å². The number of amides is 2. The van der Waals surface area contributed by atoms with Gasteiger partial charge >= 0.3 is 0 Å². The van der Waals surface area contributed by atoms with E-state index in [2.05, 4.69) is 10.9 Å². The van der Waals surface area contributed by atoms with E-state index < -0.39 is 5.91 Å². The summed E-state index contributed by atoms with van der Waals surface area (Å²) in [5, 5.41) is 0. The van der Waals surface area contributed by atoms with Crippen LogP contribution in [0.1, 0.15) is 31.2 Å². The van der Waals surface area contributed by atoms with Gasteiger partial charge in [-0.3, -0.25) is 20.4 Å². The Morgan fingerprint density at radius 3 is 2.36 bits per heavy atom. The van der Waals surface area contributed by atoms with Gasteiger partial charge in [-0.1, -0.05) is 43.7 Å². The molecule has 2 rings (SSSR count). The van der Waals surface area contributed by atoms with Gasteiger partial charge in [0.15, 0.2) is 6.61 Å². The quantitative estimate of drug-likeness (QED) is 0.759. The van der Waals surface area contributed by atoms with Gasteiger partial charge in [-0.2, -0.15) is 0 Å². The van der Waals surface area contributed by atoms with Crippen molar-refractivity contribution in [1.82, 2.24) is 10.9 Å². The second-order valence-electron chi connectivity index (χ2n) is 5.53. The van der Waals surface area contributed by atoms with E-state index in [1.807, 2.05) is 37.3 Å². The molecule has 0 aliphatic heterocycles. The number of nitrogens with one attached hydrogen (secondary N) is 2. The van der Waals surface area contributed by atoms with Crippen LogP contribution in [0.25, 0.3) is 0 Å². The van der Waals surface area contributed by atoms with E-state index in [9.17, 15) is 14.0 Å². The molecule has 2 aromatic rings. The highest BCUT2D eigenvalue weighted by Gasteiger charge is 2.19. The minimum absolute atomic E-state index is 0.275. The largest absolute Gasteiger partial charge is 0.484 e. The summed E-state index contributed by atoms with van der Waals surface area (Å²) >= 11 is 0. The molecule has 0 spiro atoms. The number of halogens is 1. The maximum atomic E-state index is 12.8. The van der Waals surface area contributed by atoms with Gasteiger partial charge in [0.05, 0.1) is 5.92 Å². The maximum Gasteiger partial charge on any atom is 0.276 e. The summed E-state index contributed by atoms with van der Waals surface area (Å²) in [4.78, 5) is 24.1. The van der Waals surface area contributed by atoms with E-state index in [0.717, 1.165) is 12.0 Å². The van der Waals surface area contributed by atoms with Gasteiger partial charge in [-0.25, -0.2) is 4.39 Å². The highest BCUT2D eigenvalue weighted by Crippen LogP contribution is 2.20. The molecule has 25 heavy (non-hydrogen) atoms. The van der Waals surface area contributed by atoms with E-state index >= 15 is 0 Å². The monoisotopic (exact) mass is 344 g/mol. The van der Waals surface area contributed by atoms with Gasteiger partial charge in [-0.15, -0.1) is 0 Å². The minimum Gasteiger partial charge on any atom is -0.484 e. The molecule has 2 aromatic carbocycles. The number of hydrogen-bond donors (Lipinski definition) is 2. The van der Waals surface area contributed by atoms with Crippen LogP contribution in [0.3, 0.4) is 0 Å². The van der Waals surface area contributed by atoms with Gasteiger partial charge in [0.25, 0.3) is 5.91 Å². The molecule has 1 unspecified atom stereocenters. The summed E-state index contributed by atoms with van der Waals surface area (Å²) in [5.74, 6) is -1.11. The fourth-order valence-corrected chi connectivity index (χ4v) is 2.36. The van der Waals surface area contributed by atoms with Crippen LogP contribution in [0, 0.1) is 5.82 Å². The van der Waals surface area contributed by atoms with Gasteiger partial charge in [0.2, 0.25) is 5.91 Å². The molecule has 0 aromatic heterocycles. The molecule has 0 radical (unpaired) electrons. The Morgan fingerprint density at radius 2 is 1.72 bits per heavy atom. The summed E-state index contributed by atoms with van der Waals surface area (Å²) < 4.78 is 18.0. The van der Waals surface area contributed by atoms with Crippen LogP contribution in [-0.4, -0.2) is 18.4 Å². The van der Waals surface area contributed by atoms with Gasteiger partial charge < -0.3 is 4.74 Å². The van der Waals surface area contributed by atoms with Crippen molar-refractivity contribution in [2.75, 3.05) is 6.61 Å². The number of hydrazine groups is 1. The Kier molecular flexibility index (Phi) is 6.95. The summed E-state index contributed by atoms with van der Waals surface area (Å²) in [6.45, 7) is 1.72. The maximum absolute atomic E-state index is 12.8. The Hall–Kier alpha value is -2.89. The van der Waals surface area contributed by atoms with E-state index in [0.29, 0.717) is 12.2 Å². The average molecular weight is 344 g/mol. The molecule has 0 saturated heterocycles. The molecule has 0 aliphatic carbocycles. The zero-order valence-electron chi connectivity index (χ0n) is 14.0. The van der Waals surface area contributed by atoms with Crippen molar-refractivity contribution >= 4 is 11.8 Å². The summed E-state index contributed by atoms with van der Waals surface area (Å²) in [6, 6.07) is 14.7. The predicted molar refractivity (Wildman–Crippen MR) is 92.3 cm³/mol. The third kappa shape index (κ3) is 5.91. The van der Waals surface area contributed by atoms with Crippen LogP contribution >= 0.6 is 0 Å². The summed E-state index contributed by atoms with van der Waals surface area (Å²) in [7, 11) is 0. The fourth-order valence-electron chi connectivity index (χ4n) is 2.36. The van der Waals surface area contributed by atoms with Crippen LogP contribution in [0.4, 0.5) is 4.39 Å². The lowest BCUT2D eigenvalue weighted by molar-refractivity contribution is -0.130. The molecule has 132 valence electrons. The lowest BCUT2D eigenvalue weighted by atomic mass is 9.94. The fraction of sp³-hybridized carbons (Fsp3) is 0.263. The first-order valence-corrected chi connectivity index (χ1v) is 8.12. The van der Waals surface area contributed by atoms with Crippen LogP contribution in [0.5, 0.6) is 5.75 Å². The molecule has 2 N–H and O–H groups in total. The van der Waals surface area contributed by atoms with Crippen LogP contribution in [-0.2, 0) is 9.59 Å². The van der Waals surface area contributed by atoms with Crippen molar-refractivity contribution < 1.29 is 18.7 Å². The topological polar surface area (TPSA) is 67.4 Å². The molecule has 0 fully saturated rings. The van der Waals surface area contributed by atoms with E-state index in [4.69, 9.17) is 4.74 Å². The number of ether oxygens (including phenoxy) is 1. The van der Waals surface area contributed by atoms with Gasteiger partial charge in [0, 0.05) is 0 Å². The van der Waals surface area contributed by atoms with Crippen molar-refractivity contribution in [3.8, 4) is 5.75 Å². The molecule has 5 nitrogen and oxygen atoms in total. The number of carbonyl (C=O) groups is 2. The first kappa shape index (κ1) is 18.4. The van der Waals surface area contributed by atoms with Crippen LogP contribution in [0.2, 0.25) is 0 Å². The Labute approximate surface area is 146 Å². The number of benzene rings is 2. The normalized spacial score (nSPS) is 11.4. The summed E-state index contributed by atoms with van der Waals surface area (Å²) in [6.07, 6.45) is 1.52. The second-order valence-corrected chi connectivity index (χ2v) is 5.53. The van der Waals surface area contributed by atoms with Crippen LogP contribution < -0.4 is 15.6 Å². The lowest BCUT2D eigenvalue weighted by Gasteiger charge is -2.17. The average Bonchev–Trinajstić information content (AvgIpc) is 2.64. The zero-order chi connectivity index (χ0) is 18.1. The van der Waals surface area contributed by atoms with Crippen molar-refractivity contribution in [3.63, 3.8) is 0 Å². The van der Waals surface area contributed by atoms with Crippen molar-refractivity contribution in [2.45, 2.75) is 25.7 Å². The number of rotatable bonds is 7. The minimum atomic E-state index is -0.499. The smallest absolute Gasteiger partial charge is 0.276 e. The van der Waals surface area contributed by atoms with Gasteiger partial charge in [0.1, 0.15) is 11.6 Å². The number of hydrogen-bond acceptors (Lipinski definition) is 3. The SMILES string of the molecule is CCCC(C(=O)NNC(=O)COc1ccc(F)cc1)c1ccccc1. The number of carbonyl (C=O) groups excluding carboxylic acids is 2. The Balaban J connectivity index is 1.82. The third-order valence-corrected chi connectivity index (χ3v) is 3.60.